The lowest BCUT2D eigenvalue weighted by atomic mass is 9.81. The number of amides is 1. The predicted octanol–water partition coefficient (Wildman–Crippen LogP) is 1.68. The zero-order chi connectivity index (χ0) is 12.3. The minimum atomic E-state index is -0.354. The monoisotopic (exact) mass is 222 g/mol. The average Bonchev–Trinajstić information content (AvgIpc) is 2.28. The Morgan fingerprint density at radius 2 is 2.12 bits per heavy atom. The summed E-state index contributed by atoms with van der Waals surface area (Å²) in [6.45, 7) is 6.08. The third kappa shape index (κ3) is 2.33. The van der Waals surface area contributed by atoms with Crippen molar-refractivity contribution in [2.45, 2.75) is 32.6 Å². The van der Waals surface area contributed by atoms with E-state index >= 15 is 0 Å². The van der Waals surface area contributed by atoms with Gasteiger partial charge in [-0.3, -0.25) is 10.2 Å². The molecule has 0 aromatic heterocycles. The highest BCUT2D eigenvalue weighted by molar-refractivity contribution is 5.94. The average molecular weight is 222 g/mol. The van der Waals surface area contributed by atoms with Gasteiger partial charge < -0.3 is 5.11 Å². The fourth-order valence-corrected chi connectivity index (χ4v) is 1.49. The van der Waals surface area contributed by atoms with Crippen LogP contribution in [0.5, 0.6) is 5.75 Å². The van der Waals surface area contributed by atoms with Gasteiger partial charge in [0.1, 0.15) is 5.75 Å². The Morgan fingerprint density at radius 1 is 1.50 bits per heavy atom. The molecule has 1 amide bonds. The van der Waals surface area contributed by atoms with Gasteiger partial charge in [0, 0.05) is 11.1 Å². The third-order valence-corrected chi connectivity index (χ3v) is 3.00. The Bertz CT molecular complexity index is 400. The molecule has 0 aliphatic rings. The SMILES string of the molecule is CCC(C)(C)c1cc(C(=O)NN)ccc1O. The molecule has 1 aromatic carbocycles. The molecule has 16 heavy (non-hydrogen) atoms. The topological polar surface area (TPSA) is 75.4 Å². The molecular formula is C12H18N2O2. The van der Waals surface area contributed by atoms with Crippen LogP contribution in [0.4, 0.5) is 0 Å². The van der Waals surface area contributed by atoms with Crippen molar-refractivity contribution in [3.63, 3.8) is 0 Å². The van der Waals surface area contributed by atoms with E-state index in [4.69, 9.17) is 5.84 Å². The molecule has 0 aliphatic carbocycles. The van der Waals surface area contributed by atoms with Crippen molar-refractivity contribution in [1.29, 1.82) is 0 Å². The van der Waals surface area contributed by atoms with Crippen LogP contribution < -0.4 is 11.3 Å². The molecule has 0 unspecified atom stereocenters. The van der Waals surface area contributed by atoms with E-state index in [1.165, 1.54) is 6.07 Å². The van der Waals surface area contributed by atoms with Gasteiger partial charge in [-0.05, 0) is 30.0 Å². The van der Waals surface area contributed by atoms with E-state index in [0.29, 0.717) is 5.56 Å². The fourth-order valence-electron chi connectivity index (χ4n) is 1.49. The summed E-state index contributed by atoms with van der Waals surface area (Å²) in [6.07, 6.45) is 0.869. The normalized spacial score (nSPS) is 11.2. The van der Waals surface area contributed by atoms with Gasteiger partial charge in [0.05, 0.1) is 0 Å². The molecule has 0 saturated carbocycles. The highest BCUT2D eigenvalue weighted by Crippen LogP contribution is 2.34. The van der Waals surface area contributed by atoms with Crippen LogP contribution in [0.25, 0.3) is 0 Å². The predicted molar refractivity (Wildman–Crippen MR) is 63.1 cm³/mol. The van der Waals surface area contributed by atoms with Crippen LogP contribution in [-0.2, 0) is 5.41 Å². The van der Waals surface area contributed by atoms with Crippen molar-refractivity contribution < 1.29 is 9.90 Å². The zero-order valence-electron chi connectivity index (χ0n) is 9.87. The number of carbonyl (C=O) groups excluding carboxylic acids is 1. The highest BCUT2D eigenvalue weighted by atomic mass is 16.3. The van der Waals surface area contributed by atoms with Crippen LogP contribution in [-0.4, -0.2) is 11.0 Å². The number of nitrogen functional groups attached to an aromatic ring is 1. The molecule has 1 aromatic rings. The minimum absolute atomic E-state index is 0.172. The molecule has 4 heteroatoms. The molecule has 0 aliphatic heterocycles. The molecule has 0 atom stereocenters. The Morgan fingerprint density at radius 3 is 2.62 bits per heavy atom. The fraction of sp³-hybridized carbons (Fsp3) is 0.417. The Labute approximate surface area is 95.4 Å². The summed E-state index contributed by atoms with van der Waals surface area (Å²) in [5.41, 5.74) is 3.12. The summed E-state index contributed by atoms with van der Waals surface area (Å²) in [5, 5.41) is 9.79. The summed E-state index contributed by atoms with van der Waals surface area (Å²) in [4.78, 5) is 11.4. The van der Waals surface area contributed by atoms with Crippen molar-refractivity contribution in [3.05, 3.63) is 29.3 Å². The maximum atomic E-state index is 11.4. The summed E-state index contributed by atoms with van der Waals surface area (Å²) in [5.74, 6) is 4.93. The van der Waals surface area contributed by atoms with Gasteiger partial charge in [-0.1, -0.05) is 20.8 Å². The second kappa shape index (κ2) is 4.53. The quantitative estimate of drug-likeness (QED) is 0.414. The van der Waals surface area contributed by atoms with Crippen LogP contribution in [0.1, 0.15) is 43.1 Å². The molecule has 0 heterocycles. The maximum Gasteiger partial charge on any atom is 0.265 e. The molecule has 4 N–H and O–H groups in total. The number of hydrogen-bond acceptors (Lipinski definition) is 3. The van der Waals surface area contributed by atoms with Crippen molar-refractivity contribution in [2.24, 2.45) is 5.84 Å². The molecule has 88 valence electrons. The van der Waals surface area contributed by atoms with Gasteiger partial charge in [-0.15, -0.1) is 0 Å². The third-order valence-electron chi connectivity index (χ3n) is 3.00. The van der Waals surface area contributed by atoms with Crippen molar-refractivity contribution in [2.75, 3.05) is 0 Å². The lowest BCUT2D eigenvalue weighted by Gasteiger charge is -2.24. The Kier molecular flexibility index (Phi) is 3.55. The first-order valence-electron chi connectivity index (χ1n) is 5.27. The number of carbonyl (C=O) groups is 1. The van der Waals surface area contributed by atoms with E-state index < -0.39 is 0 Å². The number of rotatable bonds is 3. The van der Waals surface area contributed by atoms with Crippen LogP contribution >= 0.6 is 0 Å². The number of nitrogens with one attached hydrogen (secondary N) is 1. The van der Waals surface area contributed by atoms with Crippen LogP contribution in [0.2, 0.25) is 0 Å². The van der Waals surface area contributed by atoms with E-state index in [-0.39, 0.29) is 17.1 Å². The van der Waals surface area contributed by atoms with Crippen molar-refractivity contribution in [1.82, 2.24) is 5.43 Å². The first-order valence-corrected chi connectivity index (χ1v) is 5.27. The van der Waals surface area contributed by atoms with Crippen LogP contribution in [0.15, 0.2) is 18.2 Å². The Balaban J connectivity index is 3.24. The number of benzene rings is 1. The second-order valence-corrected chi connectivity index (χ2v) is 4.44. The number of aromatic hydroxyl groups is 1. The van der Waals surface area contributed by atoms with Gasteiger partial charge in [0.2, 0.25) is 0 Å². The van der Waals surface area contributed by atoms with Gasteiger partial charge in [0.15, 0.2) is 0 Å². The molecule has 4 nitrogen and oxygen atoms in total. The molecule has 0 fully saturated rings. The molecule has 0 spiro atoms. The largest absolute Gasteiger partial charge is 0.508 e. The summed E-state index contributed by atoms with van der Waals surface area (Å²) in [6, 6.07) is 4.76. The number of hydrogen-bond donors (Lipinski definition) is 3. The standard InChI is InChI=1S/C12H18N2O2/c1-4-12(2,3)9-7-8(11(16)14-13)5-6-10(9)15/h5-7,15H,4,13H2,1-3H3,(H,14,16). The summed E-state index contributed by atoms with van der Waals surface area (Å²) < 4.78 is 0. The lowest BCUT2D eigenvalue weighted by molar-refractivity contribution is 0.0953. The van der Waals surface area contributed by atoms with E-state index in [1.54, 1.807) is 12.1 Å². The lowest BCUT2D eigenvalue weighted by Crippen LogP contribution is -2.30. The van der Waals surface area contributed by atoms with E-state index in [9.17, 15) is 9.90 Å². The highest BCUT2D eigenvalue weighted by Gasteiger charge is 2.22. The van der Waals surface area contributed by atoms with Crippen molar-refractivity contribution in [3.8, 4) is 5.75 Å². The number of nitrogens with two attached hydrogens (primary N) is 1. The Hall–Kier alpha value is -1.55. The number of phenols is 1. The van der Waals surface area contributed by atoms with Crippen molar-refractivity contribution >= 4 is 5.91 Å². The zero-order valence-corrected chi connectivity index (χ0v) is 9.87. The first-order chi connectivity index (χ1) is 7.42. The summed E-state index contributed by atoms with van der Waals surface area (Å²) >= 11 is 0. The minimum Gasteiger partial charge on any atom is -0.508 e. The van der Waals surface area contributed by atoms with E-state index in [0.717, 1.165) is 12.0 Å². The van der Waals surface area contributed by atoms with E-state index in [2.05, 4.69) is 5.43 Å². The van der Waals surface area contributed by atoms with Gasteiger partial charge >= 0.3 is 0 Å². The smallest absolute Gasteiger partial charge is 0.265 e. The molecular weight excluding hydrogens is 204 g/mol. The number of phenolic OH excluding ortho intramolecular Hbond substituents is 1. The first kappa shape index (κ1) is 12.5. The molecule has 0 bridgehead atoms. The van der Waals surface area contributed by atoms with Crippen LogP contribution in [0, 0.1) is 0 Å². The van der Waals surface area contributed by atoms with E-state index in [1.807, 2.05) is 20.8 Å². The maximum absolute atomic E-state index is 11.4. The number of hydrazine groups is 1. The molecule has 0 radical (unpaired) electrons. The van der Waals surface area contributed by atoms with Crippen LogP contribution in [0.3, 0.4) is 0 Å². The van der Waals surface area contributed by atoms with Gasteiger partial charge in [-0.2, -0.15) is 0 Å². The molecule has 1 rings (SSSR count). The van der Waals surface area contributed by atoms with Gasteiger partial charge in [0.25, 0.3) is 5.91 Å². The second-order valence-electron chi connectivity index (χ2n) is 4.44. The summed E-state index contributed by atoms with van der Waals surface area (Å²) in [7, 11) is 0. The van der Waals surface area contributed by atoms with Gasteiger partial charge in [-0.25, -0.2) is 5.84 Å². The molecule has 0 saturated heterocycles.